The van der Waals surface area contributed by atoms with Gasteiger partial charge in [0.2, 0.25) is 0 Å². The van der Waals surface area contributed by atoms with Gasteiger partial charge < -0.3 is 4.74 Å². The van der Waals surface area contributed by atoms with Gasteiger partial charge in [-0.05, 0) is 30.7 Å². The highest BCUT2D eigenvalue weighted by molar-refractivity contribution is 6.09. The van der Waals surface area contributed by atoms with Crippen LogP contribution in [0.5, 0.6) is 5.75 Å². The molecule has 0 radical (unpaired) electrons. The highest BCUT2D eigenvalue weighted by atomic mass is 16.5. The van der Waals surface area contributed by atoms with E-state index in [0.29, 0.717) is 11.1 Å². The minimum absolute atomic E-state index is 0.0154. The van der Waals surface area contributed by atoms with E-state index in [-0.39, 0.29) is 5.78 Å². The van der Waals surface area contributed by atoms with E-state index >= 15 is 0 Å². The molecule has 2 heteroatoms. The minimum Gasteiger partial charge on any atom is -0.496 e. The second kappa shape index (κ2) is 6.49. The number of ether oxygens (including phenoxy) is 1. The molecule has 0 amide bonds. The van der Waals surface area contributed by atoms with Crippen molar-refractivity contribution in [2.75, 3.05) is 7.11 Å². The lowest BCUT2D eigenvalue weighted by Crippen LogP contribution is -2.02. The third-order valence-corrected chi connectivity index (χ3v) is 3.86. The summed E-state index contributed by atoms with van der Waals surface area (Å²) in [5, 5.41) is 0. The summed E-state index contributed by atoms with van der Waals surface area (Å²) in [7, 11) is 1.64. The van der Waals surface area contributed by atoms with Crippen molar-refractivity contribution in [1.82, 2.24) is 0 Å². The van der Waals surface area contributed by atoms with E-state index in [9.17, 15) is 4.79 Å². The van der Waals surface area contributed by atoms with E-state index in [1.54, 1.807) is 7.11 Å². The molecule has 3 aromatic carbocycles. The van der Waals surface area contributed by atoms with Crippen LogP contribution < -0.4 is 4.74 Å². The van der Waals surface area contributed by atoms with Gasteiger partial charge >= 0.3 is 0 Å². The maximum atomic E-state index is 12.6. The molecule has 0 bridgehead atoms. The fraction of sp³-hybridized carbons (Fsp3) is 0.0952. The molecule has 0 heterocycles. The molecule has 114 valence electrons. The number of hydrogen-bond donors (Lipinski definition) is 0. The van der Waals surface area contributed by atoms with E-state index in [0.717, 1.165) is 16.9 Å². The predicted octanol–water partition coefficient (Wildman–Crippen LogP) is 4.90. The van der Waals surface area contributed by atoms with Gasteiger partial charge in [-0.2, -0.15) is 0 Å². The Labute approximate surface area is 136 Å². The maximum absolute atomic E-state index is 12.6. The van der Waals surface area contributed by atoms with Gasteiger partial charge in [-0.25, -0.2) is 0 Å². The van der Waals surface area contributed by atoms with Crippen LogP contribution in [0.1, 0.15) is 21.5 Å². The van der Waals surface area contributed by atoms with Gasteiger partial charge in [0.1, 0.15) is 5.75 Å². The van der Waals surface area contributed by atoms with E-state index in [1.165, 1.54) is 5.56 Å². The molecule has 0 saturated heterocycles. The summed E-state index contributed by atoms with van der Waals surface area (Å²) in [5.41, 5.74) is 4.51. The quantitative estimate of drug-likeness (QED) is 0.641. The molecule has 0 aliphatic rings. The Balaban J connectivity index is 2.06. The summed E-state index contributed by atoms with van der Waals surface area (Å²) in [6, 6.07) is 23.1. The topological polar surface area (TPSA) is 26.3 Å². The van der Waals surface area contributed by atoms with Crippen molar-refractivity contribution in [3.63, 3.8) is 0 Å². The molecule has 0 fully saturated rings. The lowest BCUT2D eigenvalue weighted by atomic mass is 9.97. The first-order valence-corrected chi connectivity index (χ1v) is 7.54. The zero-order valence-electron chi connectivity index (χ0n) is 13.2. The molecule has 0 spiro atoms. The van der Waals surface area contributed by atoms with Gasteiger partial charge in [0.05, 0.1) is 7.11 Å². The first-order chi connectivity index (χ1) is 11.2. The molecule has 0 aliphatic carbocycles. The summed E-state index contributed by atoms with van der Waals surface area (Å²) in [4.78, 5) is 12.6. The Hall–Kier alpha value is -2.87. The molecular formula is C21H18O2. The second-order valence-corrected chi connectivity index (χ2v) is 5.48. The molecule has 3 rings (SSSR count). The number of methoxy groups -OCH3 is 1. The number of hydrogen-bond acceptors (Lipinski definition) is 2. The average molecular weight is 302 g/mol. The molecule has 3 aromatic rings. The Morgan fingerprint density at radius 3 is 2.17 bits per heavy atom. The van der Waals surface area contributed by atoms with Crippen LogP contribution in [0.3, 0.4) is 0 Å². The predicted molar refractivity (Wildman–Crippen MR) is 93.0 cm³/mol. The van der Waals surface area contributed by atoms with Crippen molar-refractivity contribution in [2.45, 2.75) is 6.92 Å². The molecule has 0 unspecified atom stereocenters. The van der Waals surface area contributed by atoms with Gasteiger partial charge in [0.15, 0.2) is 5.78 Å². The van der Waals surface area contributed by atoms with Gasteiger partial charge in [-0.3, -0.25) is 4.79 Å². The molecule has 0 aliphatic heterocycles. The fourth-order valence-corrected chi connectivity index (χ4v) is 2.56. The van der Waals surface area contributed by atoms with Gasteiger partial charge in [0.25, 0.3) is 0 Å². The Kier molecular flexibility index (Phi) is 4.24. The first kappa shape index (κ1) is 15.0. The highest BCUT2D eigenvalue weighted by Gasteiger charge is 2.13. The van der Waals surface area contributed by atoms with E-state index in [4.69, 9.17) is 4.74 Å². The largest absolute Gasteiger partial charge is 0.496 e. The number of carbonyl (C=O) groups excluding carboxylic acids is 1. The molecule has 0 aromatic heterocycles. The summed E-state index contributed by atoms with van der Waals surface area (Å²) < 4.78 is 5.46. The molecule has 0 saturated carbocycles. The van der Waals surface area contributed by atoms with Crippen molar-refractivity contribution in [3.05, 3.63) is 89.5 Å². The van der Waals surface area contributed by atoms with Crippen LogP contribution in [0.2, 0.25) is 0 Å². The monoisotopic (exact) mass is 302 g/mol. The van der Waals surface area contributed by atoms with Gasteiger partial charge in [-0.1, -0.05) is 60.2 Å². The standard InChI is InChI=1S/C21H18O2/c1-15-8-10-16(11-9-15)19-14-18(12-13-20(19)23-2)21(22)17-6-4-3-5-7-17/h3-14H,1-2H3. The van der Waals surface area contributed by atoms with Crippen LogP contribution in [0.4, 0.5) is 0 Å². The fourth-order valence-electron chi connectivity index (χ4n) is 2.56. The molecule has 23 heavy (non-hydrogen) atoms. The number of ketones is 1. The van der Waals surface area contributed by atoms with Crippen LogP contribution in [-0.2, 0) is 0 Å². The summed E-state index contributed by atoms with van der Waals surface area (Å²) in [6.45, 7) is 2.05. The van der Waals surface area contributed by atoms with E-state index in [1.807, 2.05) is 60.7 Å². The summed E-state index contributed by atoms with van der Waals surface area (Å²) >= 11 is 0. The van der Waals surface area contributed by atoms with Crippen LogP contribution in [-0.4, -0.2) is 12.9 Å². The lowest BCUT2D eigenvalue weighted by Gasteiger charge is -2.11. The van der Waals surface area contributed by atoms with Crippen molar-refractivity contribution in [2.24, 2.45) is 0 Å². The van der Waals surface area contributed by atoms with Crippen molar-refractivity contribution < 1.29 is 9.53 Å². The third-order valence-electron chi connectivity index (χ3n) is 3.86. The van der Waals surface area contributed by atoms with Gasteiger partial charge in [-0.15, -0.1) is 0 Å². The van der Waals surface area contributed by atoms with Crippen molar-refractivity contribution >= 4 is 5.78 Å². The minimum atomic E-state index is 0.0154. The van der Waals surface area contributed by atoms with Crippen molar-refractivity contribution in [3.8, 4) is 16.9 Å². The lowest BCUT2D eigenvalue weighted by molar-refractivity contribution is 0.103. The highest BCUT2D eigenvalue weighted by Crippen LogP contribution is 2.31. The number of benzene rings is 3. The Bertz CT molecular complexity index is 818. The molecule has 0 atom stereocenters. The average Bonchev–Trinajstić information content (AvgIpc) is 2.62. The Morgan fingerprint density at radius 2 is 1.52 bits per heavy atom. The third kappa shape index (κ3) is 3.16. The van der Waals surface area contributed by atoms with Gasteiger partial charge in [0, 0.05) is 16.7 Å². The number of carbonyl (C=O) groups is 1. The van der Waals surface area contributed by atoms with Crippen LogP contribution in [0, 0.1) is 6.92 Å². The first-order valence-electron chi connectivity index (χ1n) is 7.54. The van der Waals surface area contributed by atoms with Crippen LogP contribution in [0.15, 0.2) is 72.8 Å². The smallest absolute Gasteiger partial charge is 0.193 e. The second-order valence-electron chi connectivity index (χ2n) is 5.48. The number of rotatable bonds is 4. The van der Waals surface area contributed by atoms with Crippen LogP contribution >= 0.6 is 0 Å². The van der Waals surface area contributed by atoms with E-state index < -0.39 is 0 Å². The normalized spacial score (nSPS) is 10.3. The maximum Gasteiger partial charge on any atom is 0.193 e. The summed E-state index contributed by atoms with van der Waals surface area (Å²) in [5.74, 6) is 0.778. The molecule has 0 N–H and O–H groups in total. The summed E-state index contributed by atoms with van der Waals surface area (Å²) in [6.07, 6.45) is 0. The van der Waals surface area contributed by atoms with Crippen LogP contribution in [0.25, 0.3) is 11.1 Å². The molecular weight excluding hydrogens is 284 g/mol. The Morgan fingerprint density at radius 1 is 0.826 bits per heavy atom. The molecule has 2 nitrogen and oxygen atoms in total. The zero-order chi connectivity index (χ0) is 16.2. The van der Waals surface area contributed by atoms with E-state index in [2.05, 4.69) is 19.1 Å². The van der Waals surface area contributed by atoms with Crippen molar-refractivity contribution in [1.29, 1.82) is 0 Å². The number of aryl methyl sites for hydroxylation is 1. The zero-order valence-corrected chi connectivity index (χ0v) is 13.2. The SMILES string of the molecule is COc1ccc(C(=O)c2ccccc2)cc1-c1ccc(C)cc1.